The lowest BCUT2D eigenvalue weighted by Gasteiger charge is -2.07. The van der Waals surface area contributed by atoms with E-state index < -0.39 is 10.0 Å². The molecule has 0 atom stereocenters. The second-order valence-corrected chi connectivity index (χ2v) is 5.62. The zero-order valence-electron chi connectivity index (χ0n) is 9.64. The van der Waals surface area contributed by atoms with Crippen LogP contribution in [0.4, 0.5) is 5.82 Å². The van der Waals surface area contributed by atoms with E-state index in [4.69, 9.17) is 16.1 Å². The molecule has 0 radical (unpaired) electrons. The Morgan fingerprint density at radius 1 is 1.39 bits per heavy atom. The third-order valence-corrected chi connectivity index (χ3v) is 4.11. The Hall–Kier alpha value is -1.60. The standard InChI is InChI=1S/C10H10ClN3O3S/c1-6-9(7(2)17-13-6)18(15,16)14-10-8(11)4-3-5-12-10/h3-5H,1-2H3,(H,12,14). The summed E-state index contributed by atoms with van der Waals surface area (Å²) in [6, 6.07) is 3.15. The van der Waals surface area contributed by atoms with Crippen LogP contribution in [0, 0.1) is 13.8 Å². The molecule has 2 rings (SSSR count). The van der Waals surface area contributed by atoms with Crippen molar-refractivity contribution in [3.63, 3.8) is 0 Å². The van der Waals surface area contributed by atoms with E-state index in [1.807, 2.05) is 0 Å². The average molecular weight is 288 g/mol. The van der Waals surface area contributed by atoms with Gasteiger partial charge < -0.3 is 4.52 Å². The Kier molecular flexibility index (Phi) is 3.27. The van der Waals surface area contributed by atoms with Crippen LogP contribution in [0.1, 0.15) is 11.5 Å². The number of sulfonamides is 1. The number of aryl methyl sites for hydroxylation is 2. The van der Waals surface area contributed by atoms with Crippen molar-refractivity contribution >= 4 is 27.4 Å². The summed E-state index contributed by atoms with van der Waals surface area (Å²) in [5, 5.41) is 3.81. The maximum atomic E-state index is 12.1. The number of nitrogens with one attached hydrogen (secondary N) is 1. The quantitative estimate of drug-likeness (QED) is 0.935. The summed E-state index contributed by atoms with van der Waals surface area (Å²) >= 11 is 5.84. The number of rotatable bonds is 3. The van der Waals surface area contributed by atoms with Gasteiger partial charge in [-0.3, -0.25) is 4.72 Å². The van der Waals surface area contributed by atoms with Gasteiger partial charge in [-0.25, -0.2) is 13.4 Å². The molecule has 0 aliphatic carbocycles. The van der Waals surface area contributed by atoms with Crippen molar-refractivity contribution in [2.75, 3.05) is 4.72 Å². The minimum Gasteiger partial charge on any atom is -0.360 e. The van der Waals surface area contributed by atoms with Crippen molar-refractivity contribution in [2.45, 2.75) is 18.7 Å². The highest BCUT2D eigenvalue weighted by Crippen LogP contribution is 2.24. The molecular weight excluding hydrogens is 278 g/mol. The number of hydrogen-bond donors (Lipinski definition) is 1. The largest absolute Gasteiger partial charge is 0.360 e. The lowest BCUT2D eigenvalue weighted by atomic mass is 10.4. The van der Waals surface area contributed by atoms with Gasteiger partial charge in [0, 0.05) is 6.20 Å². The van der Waals surface area contributed by atoms with E-state index in [1.54, 1.807) is 19.1 Å². The molecule has 0 amide bonds. The molecule has 0 aliphatic rings. The van der Waals surface area contributed by atoms with Gasteiger partial charge in [0.2, 0.25) is 0 Å². The monoisotopic (exact) mass is 287 g/mol. The number of hydrogen-bond acceptors (Lipinski definition) is 5. The zero-order valence-corrected chi connectivity index (χ0v) is 11.2. The maximum Gasteiger partial charge on any atom is 0.268 e. The van der Waals surface area contributed by atoms with Gasteiger partial charge in [-0.2, -0.15) is 0 Å². The molecule has 6 nitrogen and oxygen atoms in total. The summed E-state index contributed by atoms with van der Waals surface area (Å²) < 4.78 is 31.4. The number of nitrogens with zero attached hydrogens (tertiary/aromatic N) is 2. The second kappa shape index (κ2) is 4.58. The molecule has 1 N–H and O–H groups in total. The number of aromatic nitrogens is 2. The van der Waals surface area contributed by atoms with Crippen LogP contribution in [0.25, 0.3) is 0 Å². The molecule has 96 valence electrons. The minimum atomic E-state index is -3.81. The van der Waals surface area contributed by atoms with Gasteiger partial charge in [-0.15, -0.1) is 0 Å². The van der Waals surface area contributed by atoms with E-state index in [2.05, 4.69) is 14.9 Å². The van der Waals surface area contributed by atoms with Gasteiger partial charge in [0.05, 0.1) is 5.02 Å². The number of anilines is 1. The fourth-order valence-corrected chi connectivity index (χ4v) is 3.08. The first-order chi connectivity index (χ1) is 8.42. The molecule has 0 aliphatic heterocycles. The zero-order chi connectivity index (χ0) is 13.3. The van der Waals surface area contributed by atoms with Crippen LogP contribution in [0.5, 0.6) is 0 Å². The highest BCUT2D eigenvalue weighted by molar-refractivity contribution is 7.92. The summed E-state index contributed by atoms with van der Waals surface area (Å²) in [6.07, 6.45) is 1.44. The Bertz CT molecular complexity index is 662. The van der Waals surface area contributed by atoms with Gasteiger partial charge in [0.1, 0.15) is 5.69 Å². The topological polar surface area (TPSA) is 85.1 Å². The van der Waals surface area contributed by atoms with Crippen LogP contribution in [0.2, 0.25) is 5.02 Å². The number of pyridine rings is 1. The van der Waals surface area contributed by atoms with E-state index in [1.165, 1.54) is 13.1 Å². The predicted molar refractivity (Wildman–Crippen MR) is 66.0 cm³/mol. The molecule has 0 saturated carbocycles. The van der Waals surface area contributed by atoms with Gasteiger partial charge >= 0.3 is 0 Å². The summed E-state index contributed by atoms with van der Waals surface area (Å²) in [5.41, 5.74) is 0.284. The first kappa shape index (κ1) is 12.8. The van der Waals surface area contributed by atoms with Gasteiger partial charge in [0.25, 0.3) is 10.0 Å². The lowest BCUT2D eigenvalue weighted by molar-refractivity contribution is 0.390. The maximum absolute atomic E-state index is 12.1. The van der Waals surface area contributed by atoms with Crippen LogP contribution >= 0.6 is 11.6 Å². The van der Waals surface area contributed by atoms with Crippen LogP contribution in [-0.2, 0) is 10.0 Å². The van der Waals surface area contributed by atoms with Crippen molar-refractivity contribution in [1.29, 1.82) is 0 Å². The fraction of sp³-hybridized carbons (Fsp3) is 0.200. The van der Waals surface area contributed by atoms with Crippen molar-refractivity contribution in [1.82, 2.24) is 10.1 Å². The summed E-state index contributed by atoms with van der Waals surface area (Å²) in [6.45, 7) is 3.07. The molecule has 0 bridgehead atoms. The number of halogens is 1. The highest BCUT2D eigenvalue weighted by Gasteiger charge is 2.25. The van der Waals surface area contributed by atoms with Crippen molar-refractivity contribution in [3.05, 3.63) is 34.8 Å². The third-order valence-electron chi connectivity index (χ3n) is 2.23. The molecule has 2 aromatic rings. The normalized spacial score (nSPS) is 11.5. The van der Waals surface area contributed by atoms with Crippen LogP contribution in [0.3, 0.4) is 0 Å². The van der Waals surface area contributed by atoms with Crippen LogP contribution in [-0.4, -0.2) is 18.6 Å². The molecule has 2 heterocycles. The summed E-state index contributed by atoms with van der Waals surface area (Å²) in [4.78, 5) is 3.86. The highest BCUT2D eigenvalue weighted by atomic mass is 35.5. The molecule has 0 fully saturated rings. The fourth-order valence-electron chi connectivity index (χ4n) is 1.50. The van der Waals surface area contributed by atoms with E-state index in [0.717, 1.165) is 0 Å². The van der Waals surface area contributed by atoms with Crippen molar-refractivity contribution in [2.24, 2.45) is 0 Å². The SMILES string of the molecule is Cc1noc(C)c1S(=O)(=O)Nc1ncccc1Cl. The van der Waals surface area contributed by atoms with Crippen LogP contribution < -0.4 is 4.72 Å². The first-order valence-electron chi connectivity index (χ1n) is 4.98. The smallest absolute Gasteiger partial charge is 0.268 e. The molecule has 0 aromatic carbocycles. The molecule has 18 heavy (non-hydrogen) atoms. The first-order valence-corrected chi connectivity index (χ1v) is 6.84. The van der Waals surface area contributed by atoms with Gasteiger partial charge in [-0.1, -0.05) is 16.8 Å². The van der Waals surface area contributed by atoms with E-state index >= 15 is 0 Å². The Balaban J connectivity index is 2.43. The second-order valence-electron chi connectivity index (χ2n) is 3.59. The van der Waals surface area contributed by atoms with E-state index in [0.29, 0.717) is 0 Å². The Morgan fingerprint density at radius 2 is 2.11 bits per heavy atom. The summed E-state index contributed by atoms with van der Waals surface area (Å²) in [5.74, 6) is 0.284. The average Bonchev–Trinajstić information content (AvgIpc) is 2.62. The minimum absolute atomic E-state index is 0.00391. The molecule has 0 spiro atoms. The summed E-state index contributed by atoms with van der Waals surface area (Å²) in [7, 11) is -3.81. The molecular formula is C10H10ClN3O3S. The van der Waals surface area contributed by atoms with E-state index in [9.17, 15) is 8.42 Å². The van der Waals surface area contributed by atoms with Gasteiger partial charge in [0.15, 0.2) is 16.5 Å². The lowest BCUT2D eigenvalue weighted by Crippen LogP contribution is -2.15. The molecule has 0 unspecified atom stereocenters. The molecule has 0 saturated heterocycles. The van der Waals surface area contributed by atoms with Crippen molar-refractivity contribution < 1.29 is 12.9 Å². The predicted octanol–water partition coefficient (Wildman–Crippen LogP) is 2.14. The Morgan fingerprint density at radius 3 is 2.67 bits per heavy atom. The van der Waals surface area contributed by atoms with Crippen molar-refractivity contribution in [3.8, 4) is 0 Å². The molecule has 2 aromatic heterocycles. The van der Waals surface area contributed by atoms with Crippen LogP contribution in [0.15, 0.2) is 27.7 Å². The Labute approximate surface area is 109 Å². The molecule has 8 heteroatoms. The van der Waals surface area contributed by atoms with Gasteiger partial charge in [-0.05, 0) is 26.0 Å². The third kappa shape index (κ3) is 2.32. The van der Waals surface area contributed by atoms with E-state index in [-0.39, 0.29) is 27.2 Å².